The highest BCUT2D eigenvalue weighted by Gasteiger charge is 2.34. The van der Waals surface area contributed by atoms with Gasteiger partial charge in [-0.05, 0) is 32.4 Å². The third-order valence-corrected chi connectivity index (χ3v) is 3.24. The van der Waals surface area contributed by atoms with Crippen LogP contribution in [0.5, 0.6) is 11.5 Å². The van der Waals surface area contributed by atoms with Gasteiger partial charge in [0.25, 0.3) is 0 Å². The number of ether oxygens (including phenoxy) is 1. The molecule has 1 aromatic rings. The SMILES string of the molecule is COc1c(O)ccc(C2(C)CCCN2)c1F. The fourth-order valence-corrected chi connectivity index (χ4v) is 2.29. The molecule has 0 radical (unpaired) electrons. The normalized spacial score (nSPS) is 24.7. The van der Waals surface area contributed by atoms with Crippen molar-refractivity contribution >= 4 is 0 Å². The summed E-state index contributed by atoms with van der Waals surface area (Å²) in [5.41, 5.74) is 0.199. The number of hydrogen-bond donors (Lipinski definition) is 2. The number of rotatable bonds is 2. The lowest BCUT2D eigenvalue weighted by molar-refractivity contribution is 0.337. The second kappa shape index (κ2) is 3.94. The van der Waals surface area contributed by atoms with E-state index in [1.807, 2.05) is 6.92 Å². The summed E-state index contributed by atoms with van der Waals surface area (Å²) in [6.07, 6.45) is 1.91. The Morgan fingerprint density at radius 3 is 2.81 bits per heavy atom. The third-order valence-electron chi connectivity index (χ3n) is 3.24. The van der Waals surface area contributed by atoms with E-state index in [0.29, 0.717) is 5.56 Å². The van der Waals surface area contributed by atoms with Crippen LogP contribution in [0.2, 0.25) is 0 Å². The molecule has 1 heterocycles. The molecular formula is C12H16FNO2. The van der Waals surface area contributed by atoms with Crippen molar-refractivity contribution < 1.29 is 14.2 Å². The lowest BCUT2D eigenvalue weighted by Crippen LogP contribution is -2.34. The van der Waals surface area contributed by atoms with Gasteiger partial charge in [-0.1, -0.05) is 6.07 Å². The van der Waals surface area contributed by atoms with Gasteiger partial charge in [0.15, 0.2) is 17.3 Å². The molecule has 1 unspecified atom stereocenters. The van der Waals surface area contributed by atoms with E-state index in [9.17, 15) is 9.50 Å². The first kappa shape index (κ1) is 11.2. The lowest BCUT2D eigenvalue weighted by atomic mass is 9.90. The molecule has 4 heteroatoms. The summed E-state index contributed by atoms with van der Waals surface area (Å²) in [5.74, 6) is -0.711. The van der Waals surface area contributed by atoms with Crippen LogP contribution < -0.4 is 10.1 Å². The minimum absolute atomic E-state index is 0.0765. The van der Waals surface area contributed by atoms with Crippen LogP contribution in [0.4, 0.5) is 4.39 Å². The zero-order valence-corrected chi connectivity index (χ0v) is 9.51. The van der Waals surface area contributed by atoms with Crippen molar-refractivity contribution in [1.82, 2.24) is 5.32 Å². The van der Waals surface area contributed by atoms with E-state index in [4.69, 9.17) is 4.74 Å². The minimum atomic E-state index is -0.473. The Morgan fingerprint density at radius 2 is 2.25 bits per heavy atom. The summed E-state index contributed by atoms with van der Waals surface area (Å²) in [4.78, 5) is 0. The molecule has 0 spiro atoms. The Morgan fingerprint density at radius 1 is 1.50 bits per heavy atom. The van der Waals surface area contributed by atoms with E-state index in [1.54, 1.807) is 6.07 Å². The standard InChI is InChI=1S/C12H16FNO2/c1-12(6-3-7-14-12)8-4-5-9(15)11(16-2)10(8)13/h4-5,14-15H,3,6-7H2,1-2H3. The van der Waals surface area contributed by atoms with Crippen LogP contribution in [0.15, 0.2) is 12.1 Å². The predicted molar refractivity (Wildman–Crippen MR) is 59.2 cm³/mol. The van der Waals surface area contributed by atoms with Crippen LogP contribution in [0.1, 0.15) is 25.3 Å². The number of methoxy groups -OCH3 is 1. The minimum Gasteiger partial charge on any atom is -0.504 e. The number of hydrogen-bond acceptors (Lipinski definition) is 3. The molecule has 1 aliphatic heterocycles. The fourth-order valence-electron chi connectivity index (χ4n) is 2.29. The van der Waals surface area contributed by atoms with Crippen LogP contribution in [0.25, 0.3) is 0 Å². The van der Waals surface area contributed by atoms with Gasteiger partial charge >= 0.3 is 0 Å². The Kier molecular flexibility index (Phi) is 2.76. The van der Waals surface area contributed by atoms with Gasteiger partial charge in [-0.2, -0.15) is 0 Å². The third kappa shape index (κ3) is 1.63. The number of aromatic hydroxyl groups is 1. The number of nitrogens with one attached hydrogen (secondary N) is 1. The van der Waals surface area contributed by atoms with Gasteiger partial charge in [0.05, 0.1) is 7.11 Å². The molecular weight excluding hydrogens is 209 g/mol. The molecule has 1 atom stereocenters. The largest absolute Gasteiger partial charge is 0.504 e. The summed E-state index contributed by atoms with van der Waals surface area (Å²) < 4.78 is 19.0. The molecule has 1 aromatic carbocycles. The molecule has 2 N–H and O–H groups in total. The van der Waals surface area contributed by atoms with Gasteiger partial charge < -0.3 is 15.2 Å². The first-order chi connectivity index (χ1) is 7.58. The fraction of sp³-hybridized carbons (Fsp3) is 0.500. The zero-order chi connectivity index (χ0) is 11.8. The molecule has 1 saturated heterocycles. The first-order valence-corrected chi connectivity index (χ1v) is 5.39. The van der Waals surface area contributed by atoms with Gasteiger partial charge in [-0.25, -0.2) is 4.39 Å². The van der Waals surface area contributed by atoms with Gasteiger partial charge in [-0.15, -0.1) is 0 Å². The second-order valence-corrected chi connectivity index (χ2v) is 4.34. The molecule has 3 nitrogen and oxygen atoms in total. The molecule has 16 heavy (non-hydrogen) atoms. The maximum absolute atomic E-state index is 14.1. The van der Waals surface area contributed by atoms with Crippen molar-refractivity contribution in [3.63, 3.8) is 0 Å². The Bertz CT molecular complexity index is 400. The van der Waals surface area contributed by atoms with Gasteiger partial charge in [0, 0.05) is 11.1 Å². The maximum Gasteiger partial charge on any atom is 0.196 e. The summed E-state index contributed by atoms with van der Waals surface area (Å²) in [7, 11) is 1.35. The average molecular weight is 225 g/mol. The van der Waals surface area contributed by atoms with E-state index >= 15 is 0 Å². The maximum atomic E-state index is 14.1. The van der Waals surface area contributed by atoms with Crippen molar-refractivity contribution in [2.24, 2.45) is 0 Å². The lowest BCUT2D eigenvalue weighted by Gasteiger charge is -2.26. The Balaban J connectivity index is 2.49. The van der Waals surface area contributed by atoms with Gasteiger partial charge in [0.2, 0.25) is 0 Å². The van der Waals surface area contributed by atoms with Crippen LogP contribution in [0.3, 0.4) is 0 Å². The highest BCUT2D eigenvalue weighted by molar-refractivity contribution is 5.45. The molecule has 0 amide bonds. The summed E-state index contributed by atoms with van der Waals surface area (Å²) in [5, 5.41) is 12.7. The predicted octanol–water partition coefficient (Wildman–Crippen LogP) is 2.14. The Hall–Kier alpha value is -1.29. The van der Waals surface area contributed by atoms with E-state index in [0.717, 1.165) is 19.4 Å². The molecule has 88 valence electrons. The number of benzene rings is 1. The highest BCUT2D eigenvalue weighted by Crippen LogP contribution is 2.38. The topological polar surface area (TPSA) is 41.5 Å². The smallest absolute Gasteiger partial charge is 0.196 e. The first-order valence-electron chi connectivity index (χ1n) is 5.39. The van der Waals surface area contributed by atoms with E-state index in [-0.39, 0.29) is 17.0 Å². The van der Waals surface area contributed by atoms with Crippen LogP contribution in [0, 0.1) is 5.82 Å². The average Bonchev–Trinajstić information content (AvgIpc) is 2.66. The molecule has 1 aliphatic rings. The number of halogens is 1. The molecule has 0 saturated carbocycles. The van der Waals surface area contributed by atoms with Crippen molar-refractivity contribution in [1.29, 1.82) is 0 Å². The van der Waals surface area contributed by atoms with Crippen LogP contribution in [-0.2, 0) is 5.54 Å². The summed E-state index contributed by atoms with van der Waals surface area (Å²) in [6.45, 7) is 2.86. The van der Waals surface area contributed by atoms with E-state index in [1.165, 1.54) is 13.2 Å². The van der Waals surface area contributed by atoms with Gasteiger partial charge in [-0.3, -0.25) is 0 Å². The summed E-state index contributed by atoms with van der Waals surface area (Å²) >= 11 is 0. The zero-order valence-electron chi connectivity index (χ0n) is 9.51. The van der Waals surface area contributed by atoms with Crippen molar-refractivity contribution in [2.45, 2.75) is 25.3 Å². The van der Waals surface area contributed by atoms with Crippen LogP contribution in [-0.4, -0.2) is 18.8 Å². The molecule has 0 aromatic heterocycles. The molecule has 0 aliphatic carbocycles. The molecule has 2 rings (SSSR count). The van der Waals surface area contributed by atoms with Crippen LogP contribution >= 0.6 is 0 Å². The van der Waals surface area contributed by atoms with E-state index < -0.39 is 5.82 Å². The van der Waals surface area contributed by atoms with E-state index in [2.05, 4.69) is 5.32 Å². The number of phenolic OH excluding ortho intramolecular Hbond substituents is 1. The molecule has 0 bridgehead atoms. The second-order valence-electron chi connectivity index (χ2n) is 4.34. The highest BCUT2D eigenvalue weighted by atomic mass is 19.1. The van der Waals surface area contributed by atoms with Gasteiger partial charge in [0.1, 0.15) is 0 Å². The van der Waals surface area contributed by atoms with Crippen molar-refractivity contribution in [3.8, 4) is 11.5 Å². The summed E-state index contributed by atoms with van der Waals surface area (Å²) in [6, 6.07) is 3.09. The number of phenols is 1. The van der Waals surface area contributed by atoms with Crippen molar-refractivity contribution in [3.05, 3.63) is 23.5 Å². The monoisotopic (exact) mass is 225 g/mol. The Labute approximate surface area is 94.2 Å². The quantitative estimate of drug-likeness (QED) is 0.810. The van der Waals surface area contributed by atoms with Crippen molar-refractivity contribution in [2.75, 3.05) is 13.7 Å². The molecule has 1 fully saturated rings.